The van der Waals surface area contributed by atoms with E-state index in [1.165, 1.54) is 18.2 Å². The van der Waals surface area contributed by atoms with Gasteiger partial charge in [-0.25, -0.2) is 8.78 Å². The molecule has 0 aromatic carbocycles. The van der Waals surface area contributed by atoms with E-state index in [0.29, 0.717) is 18.4 Å². The molecule has 4 aliphatic carbocycles. The molecule has 0 radical (unpaired) electrons. The summed E-state index contributed by atoms with van der Waals surface area (Å²) < 4.78 is 44.0. The van der Waals surface area contributed by atoms with E-state index in [0.717, 1.165) is 11.3 Å². The molecule has 6 nitrogen and oxygen atoms in total. The lowest BCUT2D eigenvalue weighted by molar-refractivity contribution is -0.231. The first-order chi connectivity index (χ1) is 16.5. The second kappa shape index (κ2) is 7.38. The number of carbonyl (C=O) groups excluding carboxylic acids is 2. The molecule has 2 N–H and O–H groups in total. The number of thiophene rings is 1. The highest BCUT2D eigenvalue weighted by atomic mass is 32.1. The maximum atomic E-state index is 17.3. The van der Waals surface area contributed by atoms with Gasteiger partial charge in [-0.3, -0.25) is 9.59 Å². The van der Waals surface area contributed by atoms with Crippen LogP contribution in [0.25, 0.3) is 0 Å². The van der Waals surface area contributed by atoms with E-state index in [2.05, 4.69) is 0 Å². The Hall–Kier alpha value is -1.78. The van der Waals surface area contributed by atoms with Crippen LogP contribution in [0.1, 0.15) is 50.7 Å². The van der Waals surface area contributed by atoms with Gasteiger partial charge in [-0.1, -0.05) is 18.6 Å². The molecule has 4 fully saturated rings. The van der Waals surface area contributed by atoms with Crippen molar-refractivity contribution in [3.05, 3.63) is 45.9 Å². The first-order valence-corrected chi connectivity index (χ1v) is 12.9. The molecule has 0 spiro atoms. The standard InChI is InChI=1S/C26H28F2O6S/c1-23-7-5-14(30)9-13(23)3-4-15-16-10-20-26(19(32)12-29,24(16,2)11-18(31)25(15,23)28)34-22(33-20)21-17(27)6-8-35-21/h5-9,15-16,18,20,22,29,31H,3-4,10-12H2,1-2H3/t15-,16-,18-,20+,22+,23-,24-,25-,26+/m0/s1. The lowest BCUT2D eigenvalue weighted by atomic mass is 9.44. The highest BCUT2D eigenvalue weighted by Crippen LogP contribution is 2.72. The summed E-state index contributed by atoms with van der Waals surface area (Å²) in [5.74, 6) is -2.32. The predicted octanol–water partition coefficient (Wildman–Crippen LogP) is 3.58. The third-order valence-corrected chi connectivity index (χ3v) is 10.7. The molecule has 1 aromatic heterocycles. The largest absolute Gasteiger partial charge is 0.390 e. The number of allylic oxidation sites excluding steroid dienone is 4. The summed E-state index contributed by atoms with van der Waals surface area (Å²) in [7, 11) is 0. The Labute approximate surface area is 205 Å². The van der Waals surface area contributed by atoms with E-state index >= 15 is 4.39 Å². The van der Waals surface area contributed by atoms with Crippen molar-refractivity contribution >= 4 is 22.9 Å². The number of Topliss-reactive ketones (excluding diaryl/α,β-unsaturated/α-hetero) is 1. The summed E-state index contributed by atoms with van der Waals surface area (Å²) in [6, 6.07) is 1.30. The fraction of sp³-hybridized carbons (Fsp3) is 0.615. The van der Waals surface area contributed by atoms with Crippen molar-refractivity contribution in [2.45, 2.75) is 69.3 Å². The zero-order valence-corrected chi connectivity index (χ0v) is 20.3. The van der Waals surface area contributed by atoms with Crippen LogP contribution in [0.3, 0.4) is 0 Å². The number of alkyl halides is 1. The number of rotatable bonds is 3. The molecule has 5 aliphatic rings. The number of ether oxygens (including phenoxy) is 2. The van der Waals surface area contributed by atoms with Crippen molar-refractivity contribution in [1.82, 2.24) is 0 Å². The number of hydrogen-bond acceptors (Lipinski definition) is 7. The SMILES string of the molecule is C[C@]12C=CC(=O)C=C1CC[C@H]1[C@@H]3C[C@H]4O[C@@H](c5sccc5F)O[C@@]4(C(=O)CO)[C@@]3(C)C[C@H](O)[C@@]12F. The molecule has 188 valence electrons. The van der Waals surface area contributed by atoms with Crippen LogP contribution in [0, 0.1) is 28.5 Å². The minimum Gasteiger partial charge on any atom is -0.390 e. The van der Waals surface area contributed by atoms with Crippen LogP contribution in [-0.2, 0) is 19.1 Å². The van der Waals surface area contributed by atoms with Crippen molar-refractivity contribution in [3.8, 4) is 0 Å². The van der Waals surface area contributed by atoms with E-state index in [9.17, 15) is 24.2 Å². The van der Waals surface area contributed by atoms with Gasteiger partial charge in [-0.05, 0) is 62.1 Å². The summed E-state index contributed by atoms with van der Waals surface area (Å²) in [6.07, 6.45) is 2.12. The van der Waals surface area contributed by atoms with E-state index < -0.39 is 70.6 Å². The number of aliphatic hydroxyl groups excluding tert-OH is 2. The average molecular weight is 507 g/mol. The van der Waals surface area contributed by atoms with Gasteiger partial charge in [-0.15, -0.1) is 11.3 Å². The van der Waals surface area contributed by atoms with Gasteiger partial charge in [0.15, 0.2) is 29.1 Å². The lowest BCUT2D eigenvalue weighted by Crippen LogP contribution is -2.69. The number of hydrogen-bond donors (Lipinski definition) is 2. The summed E-state index contributed by atoms with van der Waals surface area (Å²) in [4.78, 5) is 25.6. The Morgan fingerprint density at radius 2 is 2.09 bits per heavy atom. The van der Waals surface area contributed by atoms with E-state index in [-0.39, 0.29) is 23.5 Å². The molecule has 2 heterocycles. The monoisotopic (exact) mass is 506 g/mol. The minimum atomic E-state index is -2.06. The highest BCUT2D eigenvalue weighted by molar-refractivity contribution is 7.10. The molecule has 1 saturated heterocycles. The molecule has 6 rings (SSSR count). The Morgan fingerprint density at radius 3 is 2.77 bits per heavy atom. The quantitative estimate of drug-likeness (QED) is 0.651. The number of carbonyl (C=O) groups is 2. The molecule has 1 aromatic rings. The lowest BCUT2D eigenvalue weighted by Gasteiger charge is -2.62. The summed E-state index contributed by atoms with van der Waals surface area (Å²) in [6.45, 7) is 2.73. The molecule has 9 atom stereocenters. The zero-order valence-electron chi connectivity index (χ0n) is 19.5. The van der Waals surface area contributed by atoms with Gasteiger partial charge in [0.05, 0.1) is 17.1 Å². The zero-order chi connectivity index (χ0) is 25.0. The maximum Gasteiger partial charge on any atom is 0.197 e. The topological polar surface area (TPSA) is 93.1 Å². The van der Waals surface area contributed by atoms with E-state index in [1.807, 2.05) is 0 Å². The van der Waals surface area contributed by atoms with Crippen molar-refractivity contribution in [3.63, 3.8) is 0 Å². The molecule has 0 unspecified atom stereocenters. The molecule has 0 amide bonds. The van der Waals surface area contributed by atoms with Crippen LogP contribution in [-0.4, -0.2) is 51.9 Å². The van der Waals surface area contributed by atoms with Crippen LogP contribution in [0.4, 0.5) is 8.78 Å². The molecule has 35 heavy (non-hydrogen) atoms. The van der Waals surface area contributed by atoms with Crippen LogP contribution in [0.2, 0.25) is 0 Å². The van der Waals surface area contributed by atoms with Crippen molar-refractivity contribution in [1.29, 1.82) is 0 Å². The van der Waals surface area contributed by atoms with Crippen molar-refractivity contribution in [2.75, 3.05) is 6.61 Å². The fourth-order valence-electron chi connectivity index (χ4n) is 8.16. The predicted molar refractivity (Wildman–Crippen MR) is 122 cm³/mol. The van der Waals surface area contributed by atoms with Gasteiger partial charge in [0.1, 0.15) is 12.4 Å². The Balaban J connectivity index is 1.44. The third-order valence-electron chi connectivity index (χ3n) is 9.80. The smallest absolute Gasteiger partial charge is 0.197 e. The maximum absolute atomic E-state index is 17.3. The molecule has 3 saturated carbocycles. The number of ketones is 2. The van der Waals surface area contributed by atoms with Gasteiger partial charge >= 0.3 is 0 Å². The fourth-order valence-corrected chi connectivity index (χ4v) is 8.89. The minimum absolute atomic E-state index is 0.0967. The van der Waals surface area contributed by atoms with Gasteiger partial charge in [0.25, 0.3) is 0 Å². The van der Waals surface area contributed by atoms with Gasteiger partial charge in [0.2, 0.25) is 0 Å². The molecular formula is C26H28F2O6S. The summed E-state index contributed by atoms with van der Waals surface area (Å²) in [5.41, 5.74) is -5.22. The van der Waals surface area contributed by atoms with E-state index in [1.54, 1.807) is 25.3 Å². The van der Waals surface area contributed by atoms with Gasteiger partial charge in [0, 0.05) is 16.7 Å². The van der Waals surface area contributed by atoms with Crippen molar-refractivity contribution in [2.24, 2.45) is 22.7 Å². The van der Waals surface area contributed by atoms with Gasteiger partial charge in [-0.2, -0.15) is 0 Å². The number of fused-ring (bicyclic) bond motifs is 7. The normalized spacial score (nSPS) is 48.1. The van der Waals surface area contributed by atoms with Crippen LogP contribution in [0.5, 0.6) is 0 Å². The molecular weight excluding hydrogens is 478 g/mol. The Kier molecular flexibility index (Phi) is 4.98. The van der Waals surface area contributed by atoms with Crippen molar-refractivity contribution < 1.29 is 38.1 Å². The van der Waals surface area contributed by atoms with Crippen LogP contribution < -0.4 is 0 Å². The van der Waals surface area contributed by atoms with Gasteiger partial charge < -0.3 is 19.7 Å². The molecule has 0 bridgehead atoms. The van der Waals surface area contributed by atoms with E-state index in [4.69, 9.17) is 9.47 Å². The second-order valence-electron chi connectivity index (χ2n) is 11.0. The average Bonchev–Trinajstić information content (AvgIpc) is 3.47. The first-order valence-electron chi connectivity index (χ1n) is 12.0. The molecule has 1 aliphatic heterocycles. The molecule has 9 heteroatoms. The second-order valence-corrected chi connectivity index (χ2v) is 12.0. The summed E-state index contributed by atoms with van der Waals surface area (Å²) in [5, 5.41) is 23.0. The van der Waals surface area contributed by atoms with Crippen LogP contribution in [0.15, 0.2) is 35.2 Å². The highest BCUT2D eigenvalue weighted by Gasteiger charge is 2.79. The Bertz CT molecular complexity index is 1180. The number of aliphatic hydroxyl groups is 2. The first kappa shape index (κ1) is 23.6. The number of halogens is 2. The Morgan fingerprint density at radius 1 is 1.31 bits per heavy atom. The van der Waals surface area contributed by atoms with Crippen LogP contribution >= 0.6 is 11.3 Å². The third kappa shape index (κ3) is 2.66. The summed E-state index contributed by atoms with van der Waals surface area (Å²) >= 11 is 1.11.